The van der Waals surface area contributed by atoms with Crippen LogP contribution in [0.3, 0.4) is 0 Å². The summed E-state index contributed by atoms with van der Waals surface area (Å²) in [5, 5.41) is 0. The summed E-state index contributed by atoms with van der Waals surface area (Å²) >= 11 is 0. The number of unbranched alkanes of at least 4 members (excludes halogenated alkanes) is 2. The van der Waals surface area contributed by atoms with E-state index in [2.05, 4.69) is 11.8 Å². The molecule has 0 spiro atoms. The molecule has 0 atom stereocenters. The Hall–Kier alpha value is -1.71. The highest BCUT2D eigenvalue weighted by atomic mass is 16.5. The third-order valence-electron chi connectivity index (χ3n) is 2.93. The number of hydrogen-bond donors (Lipinski definition) is 1. The van der Waals surface area contributed by atoms with Gasteiger partial charge in [-0.2, -0.15) is 0 Å². The minimum absolute atomic E-state index is 0.348. The van der Waals surface area contributed by atoms with Gasteiger partial charge in [0.15, 0.2) is 0 Å². The molecular weight excluding hydrogens is 228 g/mol. The van der Waals surface area contributed by atoms with Gasteiger partial charge < -0.3 is 15.4 Å². The summed E-state index contributed by atoms with van der Waals surface area (Å²) in [6, 6.07) is 5.34. The van der Waals surface area contributed by atoms with Crippen LogP contribution in [-0.2, 0) is 4.74 Å². The third kappa shape index (κ3) is 3.65. The lowest BCUT2D eigenvalue weighted by Gasteiger charge is -2.21. The number of carbonyl (C=O) groups is 1. The van der Waals surface area contributed by atoms with Crippen molar-refractivity contribution in [2.24, 2.45) is 0 Å². The Balaban J connectivity index is 2.89. The monoisotopic (exact) mass is 250 g/mol. The Labute approximate surface area is 109 Å². The lowest BCUT2D eigenvalue weighted by molar-refractivity contribution is 0.0601. The molecular formula is C14H22N2O2. The summed E-state index contributed by atoms with van der Waals surface area (Å²) in [5.74, 6) is -0.348. The molecule has 1 aromatic rings. The number of nitrogens with zero attached hydrogens (tertiary/aromatic N) is 1. The number of benzene rings is 1. The lowest BCUT2D eigenvalue weighted by Crippen LogP contribution is -2.21. The van der Waals surface area contributed by atoms with Crippen LogP contribution in [0, 0.1) is 0 Å². The molecule has 0 aliphatic carbocycles. The largest absolute Gasteiger partial charge is 0.465 e. The van der Waals surface area contributed by atoms with Crippen molar-refractivity contribution in [3.8, 4) is 0 Å². The predicted octanol–water partition coefficient (Wildman–Crippen LogP) is 2.68. The first kappa shape index (κ1) is 14.4. The average molecular weight is 250 g/mol. The van der Waals surface area contributed by atoms with Crippen LogP contribution in [0.2, 0.25) is 0 Å². The quantitative estimate of drug-likeness (QED) is 0.479. The number of nitrogen functional groups attached to an aromatic ring is 1. The average Bonchev–Trinajstić information content (AvgIpc) is 2.37. The van der Waals surface area contributed by atoms with Crippen molar-refractivity contribution in [1.29, 1.82) is 0 Å². The maximum Gasteiger partial charge on any atom is 0.340 e. The summed E-state index contributed by atoms with van der Waals surface area (Å²) in [6.07, 6.45) is 3.48. The Morgan fingerprint density at radius 2 is 2.11 bits per heavy atom. The first-order valence-corrected chi connectivity index (χ1v) is 6.29. The SMILES string of the molecule is CCCCCN(C)c1ccc(N)cc1C(=O)OC. The van der Waals surface area contributed by atoms with Gasteiger partial charge in [0.1, 0.15) is 0 Å². The van der Waals surface area contributed by atoms with Gasteiger partial charge in [0, 0.05) is 19.3 Å². The third-order valence-corrected chi connectivity index (χ3v) is 2.93. The van der Waals surface area contributed by atoms with Crippen molar-refractivity contribution >= 4 is 17.3 Å². The van der Waals surface area contributed by atoms with Gasteiger partial charge in [0.2, 0.25) is 0 Å². The first-order chi connectivity index (χ1) is 8.60. The molecule has 0 fully saturated rings. The fourth-order valence-corrected chi connectivity index (χ4v) is 1.88. The number of nitrogens with two attached hydrogens (primary N) is 1. The molecule has 0 aliphatic heterocycles. The molecule has 0 aromatic heterocycles. The number of esters is 1. The fourth-order valence-electron chi connectivity index (χ4n) is 1.88. The summed E-state index contributed by atoms with van der Waals surface area (Å²) in [7, 11) is 3.36. The highest BCUT2D eigenvalue weighted by molar-refractivity contribution is 5.96. The zero-order valence-electron chi connectivity index (χ0n) is 11.4. The predicted molar refractivity (Wildman–Crippen MR) is 75.0 cm³/mol. The van der Waals surface area contributed by atoms with E-state index in [4.69, 9.17) is 10.5 Å². The van der Waals surface area contributed by atoms with Gasteiger partial charge in [0.05, 0.1) is 18.4 Å². The molecule has 4 nitrogen and oxygen atoms in total. The number of anilines is 2. The van der Waals surface area contributed by atoms with Crippen LogP contribution in [0.15, 0.2) is 18.2 Å². The Bertz CT molecular complexity index is 405. The van der Waals surface area contributed by atoms with E-state index in [1.165, 1.54) is 20.0 Å². The number of methoxy groups -OCH3 is 1. The van der Waals surface area contributed by atoms with Gasteiger partial charge in [-0.05, 0) is 24.6 Å². The van der Waals surface area contributed by atoms with Crippen LogP contribution in [0.5, 0.6) is 0 Å². The molecule has 0 heterocycles. The van der Waals surface area contributed by atoms with Gasteiger partial charge in [-0.1, -0.05) is 19.8 Å². The highest BCUT2D eigenvalue weighted by Crippen LogP contribution is 2.23. The summed E-state index contributed by atoms with van der Waals surface area (Å²) in [4.78, 5) is 13.8. The van der Waals surface area contributed by atoms with Gasteiger partial charge >= 0.3 is 5.97 Å². The highest BCUT2D eigenvalue weighted by Gasteiger charge is 2.15. The van der Waals surface area contributed by atoms with Crippen molar-refractivity contribution in [1.82, 2.24) is 0 Å². The van der Waals surface area contributed by atoms with Crippen LogP contribution in [0.25, 0.3) is 0 Å². The van der Waals surface area contributed by atoms with E-state index >= 15 is 0 Å². The van der Waals surface area contributed by atoms with Crippen LogP contribution in [-0.4, -0.2) is 26.7 Å². The number of hydrogen-bond acceptors (Lipinski definition) is 4. The molecule has 4 heteroatoms. The summed E-state index contributed by atoms with van der Waals surface area (Å²) < 4.78 is 4.79. The molecule has 0 aliphatic rings. The van der Waals surface area contributed by atoms with Crippen molar-refractivity contribution in [3.63, 3.8) is 0 Å². The van der Waals surface area contributed by atoms with Gasteiger partial charge in [-0.25, -0.2) is 4.79 Å². The van der Waals surface area contributed by atoms with Gasteiger partial charge in [-0.15, -0.1) is 0 Å². The van der Waals surface area contributed by atoms with E-state index in [1.54, 1.807) is 12.1 Å². The molecule has 2 N–H and O–H groups in total. The Morgan fingerprint density at radius 1 is 1.39 bits per heavy atom. The van der Waals surface area contributed by atoms with E-state index in [0.717, 1.165) is 18.7 Å². The second-order valence-electron chi connectivity index (χ2n) is 4.40. The summed E-state index contributed by atoms with van der Waals surface area (Å²) in [6.45, 7) is 3.09. The zero-order valence-corrected chi connectivity index (χ0v) is 11.4. The van der Waals surface area contributed by atoms with E-state index in [9.17, 15) is 4.79 Å². The first-order valence-electron chi connectivity index (χ1n) is 6.29. The van der Waals surface area contributed by atoms with Gasteiger partial charge in [-0.3, -0.25) is 0 Å². The second-order valence-corrected chi connectivity index (χ2v) is 4.40. The van der Waals surface area contributed by atoms with Gasteiger partial charge in [0.25, 0.3) is 0 Å². The molecule has 18 heavy (non-hydrogen) atoms. The van der Waals surface area contributed by atoms with Crippen molar-refractivity contribution in [3.05, 3.63) is 23.8 Å². The van der Waals surface area contributed by atoms with Crippen molar-refractivity contribution in [2.75, 3.05) is 31.3 Å². The molecule has 0 saturated carbocycles. The molecule has 0 bridgehead atoms. The smallest absolute Gasteiger partial charge is 0.340 e. The maximum absolute atomic E-state index is 11.7. The fraction of sp³-hybridized carbons (Fsp3) is 0.500. The number of ether oxygens (including phenoxy) is 1. The number of rotatable bonds is 6. The minimum atomic E-state index is -0.348. The van der Waals surface area contributed by atoms with Crippen molar-refractivity contribution < 1.29 is 9.53 Å². The van der Waals surface area contributed by atoms with E-state index < -0.39 is 0 Å². The topological polar surface area (TPSA) is 55.6 Å². The van der Waals surface area contributed by atoms with Crippen molar-refractivity contribution in [2.45, 2.75) is 26.2 Å². The maximum atomic E-state index is 11.7. The van der Waals surface area contributed by atoms with Crippen LogP contribution < -0.4 is 10.6 Å². The van der Waals surface area contributed by atoms with Crippen LogP contribution >= 0.6 is 0 Å². The standard InChI is InChI=1S/C14H22N2O2/c1-4-5-6-9-16(2)13-8-7-11(15)10-12(13)14(17)18-3/h7-8,10H,4-6,9,15H2,1-3H3. The zero-order chi connectivity index (χ0) is 13.5. The normalized spacial score (nSPS) is 10.2. The van der Waals surface area contributed by atoms with E-state index in [1.807, 2.05) is 13.1 Å². The molecule has 1 aromatic carbocycles. The molecule has 0 radical (unpaired) electrons. The molecule has 0 amide bonds. The van der Waals surface area contributed by atoms with E-state index in [-0.39, 0.29) is 5.97 Å². The Morgan fingerprint density at radius 3 is 2.72 bits per heavy atom. The van der Waals surface area contributed by atoms with Crippen LogP contribution in [0.4, 0.5) is 11.4 Å². The Kier molecular flexibility index (Phi) is 5.49. The molecule has 1 rings (SSSR count). The number of carbonyl (C=O) groups excluding carboxylic acids is 1. The molecule has 100 valence electrons. The minimum Gasteiger partial charge on any atom is -0.465 e. The van der Waals surface area contributed by atoms with Crippen LogP contribution in [0.1, 0.15) is 36.5 Å². The lowest BCUT2D eigenvalue weighted by atomic mass is 10.1. The summed E-state index contributed by atoms with van der Waals surface area (Å²) in [5.41, 5.74) is 7.68. The molecule has 0 saturated heterocycles. The van der Waals surface area contributed by atoms with E-state index in [0.29, 0.717) is 11.3 Å². The molecule has 0 unspecified atom stereocenters. The second kappa shape index (κ2) is 6.89.